The van der Waals surface area contributed by atoms with Crippen LogP contribution in [0, 0.1) is 0 Å². The van der Waals surface area contributed by atoms with Crippen molar-refractivity contribution in [3.63, 3.8) is 0 Å². The summed E-state index contributed by atoms with van der Waals surface area (Å²) < 4.78 is 5.51. The van der Waals surface area contributed by atoms with Crippen molar-refractivity contribution in [1.29, 1.82) is 0 Å². The van der Waals surface area contributed by atoms with E-state index in [1.165, 1.54) is 0 Å². The van der Waals surface area contributed by atoms with Crippen LogP contribution in [-0.2, 0) is 4.79 Å². The van der Waals surface area contributed by atoms with E-state index in [9.17, 15) is 4.79 Å². The smallest absolute Gasteiger partial charge is 0.303 e. The van der Waals surface area contributed by atoms with Gasteiger partial charge in [0.25, 0.3) is 0 Å². The Morgan fingerprint density at radius 1 is 1.62 bits per heavy atom. The van der Waals surface area contributed by atoms with Crippen molar-refractivity contribution in [2.75, 3.05) is 11.9 Å². The van der Waals surface area contributed by atoms with Gasteiger partial charge in [0.2, 0.25) is 0 Å². The van der Waals surface area contributed by atoms with E-state index in [4.69, 9.17) is 21.4 Å². The van der Waals surface area contributed by atoms with Crippen LogP contribution >= 0.6 is 11.6 Å². The van der Waals surface area contributed by atoms with Gasteiger partial charge >= 0.3 is 5.97 Å². The third-order valence-corrected chi connectivity index (χ3v) is 2.76. The Bertz CT molecular complexity index is 408. The highest BCUT2D eigenvalue weighted by molar-refractivity contribution is 6.32. The third-order valence-electron chi connectivity index (χ3n) is 2.46. The van der Waals surface area contributed by atoms with Gasteiger partial charge in [-0.25, -0.2) is 0 Å². The van der Waals surface area contributed by atoms with E-state index >= 15 is 0 Å². The van der Waals surface area contributed by atoms with Crippen LogP contribution in [0.1, 0.15) is 12.8 Å². The Morgan fingerprint density at radius 3 is 3.19 bits per heavy atom. The molecule has 0 saturated heterocycles. The summed E-state index contributed by atoms with van der Waals surface area (Å²) in [6.45, 7) is 0.448. The number of para-hydroxylation sites is 1. The van der Waals surface area contributed by atoms with Crippen LogP contribution in [0.15, 0.2) is 18.2 Å². The molecule has 1 aromatic rings. The first kappa shape index (κ1) is 11.1. The lowest BCUT2D eigenvalue weighted by Crippen LogP contribution is -2.31. The van der Waals surface area contributed by atoms with E-state index in [0.717, 1.165) is 5.69 Å². The number of carboxylic acid groups (broad SMARTS) is 1. The number of hydrogen-bond donors (Lipinski definition) is 2. The molecular weight excluding hydrogens is 230 g/mol. The summed E-state index contributed by atoms with van der Waals surface area (Å²) in [6.07, 6.45) is 0.679. The molecule has 16 heavy (non-hydrogen) atoms. The SMILES string of the molecule is O=C(O)CCC1COc2c(Cl)cccc2N1. The Hall–Kier alpha value is -1.42. The highest BCUT2D eigenvalue weighted by atomic mass is 35.5. The van der Waals surface area contributed by atoms with Crippen LogP contribution < -0.4 is 10.1 Å². The maximum atomic E-state index is 10.5. The van der Waals surface area contributed by atoms with Crippen molar-refractivity contribution in [3.8, 4) is 5.75 Å². The number of fused-ring (bicyclic) bond motifs is 1. The molecule has 0 aromatic heterocycles. The summed E-state index contributed by atoms with van der Waals surface area (Å²) in [5.41, 5.74) is 0.828. The van der Waals surface area contributed by atoms with Gasteiger partial charge in [0.15, 0.2) is 5.75 Å². The van der Waals surface area contributed by atoms with Crippen molar-refractivity contribution >= 4 is 23.3 Å². The van der Waals surface area contributed by atoms with E-state index in [-0.39, 0.29) is 12.5 Å². The van der Waals surface area contributed by atoms with Crippen LogP contribution in [0.3, 0.4) is 0 Å². The van der Waals surface area contributed by atoms with E-state index < -0.39 is 5.97 Å². The average Bonchev–Trinajstić information content (AvgIpc) is 2.26. The monoisotopic (exact) mass is 241 g/mol. The molecule has 1 atom stereocenters. The number of benzene rings is 1. The number of rotatable bonds is 3. The molecule has 0 amide bonds. The predicted molar refractivity (Wildman–Crippen MR) is 61.2 cm³/mol. The second-order valence-electron chi connectivity index (χ2n) is 3.70. The van der Waals surface area contributed by atoms with Gasteiger partial charge < -0.3 is 15.2 Å². The van der Waals surface area contributed by atoms with E-state index in [1.807, 2.05) is 12.1 Å². The van der Waals surface area contributed by atoms with Crippen molar-refractivity contribution < 1.29 is 14.6 Å². The van der Waals surface area contributed by atoms with E-state index in [1.54, 1.807) is 6.07 Å². The molecule has 0 aliphatic carbocycles. The van der Waals surface area contributed by atoms with Gasteiger partial charge in [0.1, 0.15) is 6.61 Å². The average molecular weight is 242 g/mol. The topological polar surface area (TPSA) is 58.6 Å². The Morgan fingerprint density at radius 2 is 2.44 bits per heavy atom. The maximum Gasteiger partial charge on any atom is 0.303 e. The van der Waals surface area contributed by atoms with Gasteiger partial charge in [-0.3, -0.25) is 4.79 Å². The number of nitrogens with one attached hydrogen (secondary N) is 1. The predicted octanol–water partition coefficient (Wildman–Crippen LogP) is 2.38. The molecule has 1 aliphatic heterocycles. The van der Waals surface area contributed by atoms with Crippen molar-refractivity contribution in [2.24, 2.45) is 0 Å². The normalized spacial score (nSPS) is 18.2. The number of carboxylic acids is 1. The lowest BCUT2D eigenvalue weighted by Gasteiger charge is -2.27. The molecule has 0 radical (unpaired) electrons. The molecule has 2 N–H and O–H groups in total. The molecular formula is C11H12ClNO3. The molecule has 0 bridgehead atoms. The molecule has 2 rings (SSSR count). The summed E-state index contributed by atoms with van der Waals surface area (Å²) in [6, 6.07) is 5.49. The first-order chi connectivity index (χ1) is 7.66. The third kappa shape index (κ3) is 2.39. The zero-order valence-electron chi connectivity index (χ0n) is 8.57. The molecule has 5 heteroatoms. The quantitative estimate of drug-likeness (QED) is 0.853. The number of halogens is 1. The molecule has 1 aliphatic rings. The molecule has 86 valence electrons. The second kappa shape index (κ2) is 4.61. The minimum atomic E-state index is -0.793. The summed E-state index contributed by atoms with van der Waals surface area (Å²) in [7, 11) is 0. The Balaban J connectivity index is 2.04. The number of aliphatic carboxylic acids is 1. The largest absolute Gasteiger partial charge is 0.488 e. The zero-order valence-corrected chi connectivity index (χ0v) is 9.33. The number of anilines is 1. The van der Waals surface area contributed by atoms with Crippen LogP contribution in [0.25, 0.3) is 0 Å². The van der Waals surface area contributed by atoms with Crippen molar-refractivity contribution in [1.82, 2.24) is 0 Å². The highest BCUT2D eigenvalue weighted by Crippen LogP contribution is 2.36. The lowest BCUT2D eigenvalue weighted by molar-refractivity contribution is -0.137. The fraction of sp³-hybridized carbons (Fsp3) is 0.364. The molecule has 4 nitrogen and oxygen atoms in total. The zero-order chi connectivity index (χ0) is 11.5. The summed E-state index contributed by atoms with van der Waals surface area (Å²) in [4.78, 5) is 10.5. The molecule has 1 unspecified atom stereocenters. The summed E-state index contributed by atoms with van der Waals surface area (Å²) in [5.74, 6) is -0.144. The van der Waals surface area contributed by atoms with E-state index in [2.05, 4.69) is 5.32 Å². The van der Waals surface area contributed by atoms with Gasteiger partial charge in [-0.15, -0.1) is 0 Å². The second-order valence-corrected chi connectivity index (χ2v) is 4.11. The van der Waals surface area contributed by atoms with Gasteiger partial charge in [-0.1, -0.05) is 17.7 Å². The van der Waals surface area contributed by atoms with Crippen molar-refractivity contribution in [3.05, 3.63) is 23.2 Å². The standard InChI is InChI=1S/C11H12ClNO3/c12-8-2-1-3-9-11(8)16-6-7(13-9)4-5-10(14)15/h1-3,7,13H,4-6H2,(H,14,15). The Labute approximate surface area is 98.2 Å². The summed E-state index contributed by atoms with van der Waals surface area (Å²) >= 11 is 5.96. The van der Waals surface area contributed by atoms with Gasteiger partial charge in [-0.2, -0.15) is 0 Å². The Kier molecular flexibility index (Phi) is 3.19. The fourth-order valence-corrected chi connectivity index (χ4v) is 1.90. The van der Waals surface area contributed by atoms with Crippen LogP contribution in [0.5, 0.6) is 5.75 Å². The van der Waals surface area contributed by atoms with E-state index in [0.29, 0.717) is 23.8 Å². The minimum absolute atomic E-state index is 0.0297. The van der Waals surface area contributed by atoms with Gasteiger partial charge in [-0.05, 0) is 18.6 Å². The van der Waals surface area contributed by atoms with Gasteiger partial charge in [0, 0.05) is 6.42 Å². The molecule has 0 saturated carbocycles. The van der Waals surface area contributed by atoms with Crippen LogP contribution in [0.2, 0.25) is 5.02 Å². The number of ether oxygens (including phenoxy) is 1. The first-order valence-electron chi connectivity index (χ1n) is 5.06. The van der Waals surface area contributed by atoms with Crippen LogP contribution in [-0.4, -0.2) is 23.7 Å². The highest BCUT2D eigenvalue weighted by Gasteiger charge is 2.20. The maximum absolute atomic E-state index is 10.5. The molecule has 0 spiro atoms. The first-order valence-corrected chi connectivity index (χ1v) is 5.44. The number of hydrogen-bond acceptors (Lipinski definition) is 3. The molecule has 0 fully saturated rings. The molecule has 1 aromatic carbocycles. The fourth-order valence-electron chi connectivity index (χ4n) is 1.67. The number of carbonyl (C=O) groups is 1. The molecule has 1 heterocycles. The minimum Gasteiger partial charge on any atom is -0.488 e. The lowest BCUT2D eigenvalue weighted by atomic mass is 10.1. The van der Waals surface area contributed by atoms with Gasteiger partial charge in [0.05, 0.1) is 16.8 Å². The summed E-state index contributed by atoms with van der Waals surface area (Å²) in [5, 5.41) is 12.4. The van der Waals surface area contributed by atoms with Crippen LogP contribution in [0.4, 0.5) is 5.69 Å². The van der Waals surface area contributed by atoms with Crippen molar-refractivity contribution in [2.45, 2.75) is 18.9 Å².